The molecule has 0 heterocycles. The van der Waals surface area contributed by atoms with E-state index in [2.05, 4.69) is 25.4 Å². The Morgan fingerprint density at radius 3 is 2.47 bits per heavy atom. The lowest BCUT2D eigenvalue weighted by Crippen LogP contribution is -2.35. The lowest BCUT2D eigenvalue weighted by atomic mass is 9.84. The molecule has 0 spiro atoms. The average Bonchev–Trinajstić information content (AvgIpc) is 2.29. The van der Waals surface area contributed by atoms with E-state index >= 15 is 0 Å². The molecule has 1 fully saturated rings. The molecule has 1 nitrogen and oxygen atoms in total. The third-order valence-electron chi connectivity index (χ3n) is 3.78. The minimum absolute atomic E-state index is 0.736. The summed E-state index contributed by atoms with van der Waals surface area (Å²) in [6.07, 6.45) is 10.8. The minimum Gasteiger partial charge on any atom is -0.314 e. The molecule has 0 aromatic carbocycles. The van der Waals surface area contributed by atoms with E-state index in [-0.39, 0.29) is 0 Å². The van der Waals surface area contributed by atoms with Gasteiger partial charge in [0.1, 0.15) is 0 Å². The Morgan fingerprint density at radius 2 is 1.87 bits per heavy atom. The predicted octanol–water partition coefficient (Wildman–Crippen LogP) is 3.69. The summed E-state index contributed by atoms with van der Waals surface area (Å²) in [5, 5.41) is 4.51. The smallest absolute Gasteiger partial charge is 0.00670 e. The lowest BCUT2D eigenvalue weighted by molar-refractivity contribution is 0.281. The van der Waals surface area contributed by atoms with Crippen molar-refractivity contribution >= 4 is 11.8 Å². The van der Waals surface area contributed by atoms with Gasteiger partial charge in [-0.3, -0.25) is 0 Å². The van der Waals surface area contributed by atoms with Gasteiger partial charge in [-0.05, 0) is 44.9 Å². The van der Waals surface area contributed by atoms with E-state index in [1.54, 1.807) is 0 Å². The highest BCUT2D eigenvalue weighted by Crippen LogP contribution is 2.26. The SMILES string of the molecule is CSC(C)CCNC(C)C1CCCCC1. The number of hydrogen-bond donors (Lipinski definition) is 1. The zero-order chi connectivity index (χ0) is 11.1. The summed E-state index contributed by atoms with van der Waals surface area (Å²) in [7, 11) is 0. The molecule has 0 aromatic heterocycles. The zero-order valence-electron chi connectivity index (χ0n) is 10.6. The van der Waals surface area contributed by atoms with Crippen molar-refractivity contribution in [2.75, 3.05) is 12.8 Å². The van der Waals surface area contributed by atoms with Crippen LogP contribution >= 0.6 is 11.8 Å². The fraction of sp³-hybridized carbons (Fsp3) is 1.00. The van der Waals surface area contributed by atoms with Crippen LogP contribution < -0.4 is 5.32 Å². The number of rotatable bonds is 6. The second-order valence-electron chi connectivity index (χ2n) is 4.98. The van der Waals surface area contributed by atoms with Crippen LogP contribution in [0.1, 0.15) is 52.4 Å². The molecule has 1 aliphatic rings. The van der Waals surface area contributed by atoms with Gasteiger partial charge < -0.3 is 5.32 Å². The van der Waals surface area contributed by atoms with E-state index in [1.165, 1.54) is 45.1 Å². The van der Waals surface area contributed by atoms with Crippen LogP contribution in [0.2, 0.25) is 0 Å². The van der Waals surface area contributed by atoms with Crippen molar-refractivity contribution < 1.29 is 0 Å². The molecule has 2 atom stereocenters. The minimum atomic E-state index is 0.736. The van der Waals surface area contributed by atoms with E-state index < -0.39 is 0 Å². The standard InChI is InChI=1S/C13H27NS/c1-11(15-3)9-10-14-12(2)13-7-5-4-6-8-13/h11-14H,4-10H2,1-3H3. The van der Waals surface area contributed by atoms with Crippen LogP contribution in [0.4, 0.5) is 0 Å². The fourth-order valence-electron chi connectivity index (χ4n) is 2.43. The summed E-state index contributed by atoms with van der Waals surface area (Å²) in [5.41, 5.74) is 0. The molecule has 15 heavy (non-hydrogen) atoms. The van der Waals surface area contributed by atoms with Gasteiger partial charge in [-0.25, -0.2) is 0 Å². The first-order valence-corrected chi connectivity index (χ1v) is 7.79. The Bertz CT molecular complexity index is 155. The highest BCUT2D eigenvalue weighted by molar-refractivity contribution is 7.99. The quantitative estimate of drug-likeness (QED) is 0.745. The van der Waals surface area contributed by atoms with E-state index in [1.807, 2.05) is 11.8 Å². The van der Waals surface area contributed by atoms with Gasteiger partial charge >= 0.3 is 0 Å². The fourth-order valence-corrected chi connectivity index (χ4v) is 2.79. The topological polar surface area (TPSA) is 12.0 Å². The molecular weight excluding hydrogens is 202 g/mol. The highest BCUT2D eigenvalue weighted by atomic mass is 32.2. The molecule has 90 valence electrons. The third kappa shape index (κ3) is 5.26. The van der Waals surface area contributed by atoms with Crippen molar-refractivity contribution in [1.82, 2.24) is 5.32 Å². The summed E-state index contributed by atoms with van der Waals surface area (Å²) in [6.45, 7) is 5.89. The Kier molecular flexibility index (Phi) is 6.74. The van der Waals surface area contributed by atoms with Gasteiger partial charge in [0, 0.05) is 11.3 Å². The Balaban J connectivity index is 2.09. The summed E-state index contributed by atoms with van der Waals surface area (Å²) < 4.78 is 0. The van der Waals surface area contributed by atoms with Crippen molar-refractivity contribution in [2.24, 2.45) is 5.92 Å². The van der Waals surface area contributed by atoms with Crippen LogP contribution in [0.3, 0.4) is 0 Å². The van der Waals surface area contributed by atoms with Crippen molar-refractivity contribution in [2.45, 2.75) is 63.7 Å². The van der Waals surface area contributed by atoms with Crippen molar-refractivity contribution in [1.29, 1.82) is 0 Å². The molecular formula is C13H27NS. The van der Waals surface area contributed by atoms with Crippen LogP contribution in [0.25, 0.3) is 0 Å². The number of nitrogens with one attached hydrogen (secondary N) is 1. The predicted molar refractivity (Wildman–Crippen MR) is 71.6 cm³/mol. The number of hydrogen-bond acceptors (Lipinski definition) is 2. The third-order valence-corrected chi connectivity index (χ3v) is 4.82. The summed E-state index contributed by atoms with van der Waals surface area (Å²) in [5.74, 6) is 0.948. The van der Waals surface area contributed by atoms with Gasteiger partial charge in [0.15, 0.2) is 0 Å². The summed E-state index contributed by atoms with van der Waals surface area (Å²) in [4.78, 5) is 0. The molecule has 0 radical (unpaired) electrons. The van der Waals surface area contributed by atoms with Gasteiger partial charge in [0.05, 0.1) is 0 Å². The van der Waals surface area contributed by atoms with Crippen LogP contribution in [-0.2, 0) is 0 Å². The van der Waals surface area contributed by atoms with E-state index in [9.17, 15) is 0 Å². The molecule has 0 amide bonds. The Morgan fingerprint density at radius 1 is 1.20 bits per heavy atom. The largest absolute Gasteiger partial charge is 0.314 e. The van der Waals surface area contributed by atoms with Gasteiger partial charge in [-0.15, -0.1) is 0 Å². The van der Waals surface area contributed by atoms with Gasteiger partial charge in [-0.1, -0.05) is 26.2 Å². The van der Waals surface area contributed by atoms with E-state index in [0.717, 1.165) is 17.2 Å². The molecule has 1 rings (SSSR count). The van der Waals surface area contributed by atoms with E-state index in [0.29, 0.717) is 0 Å². The Hall–Kier alpha value is 0.310. The van der Waals surface area contributed by atoms with Crippen LogP contribution in [-0.4, -0.2) is 24.1 Å². The molecule has 0 aromatic rings. The normalized spacial score (nSPS) is 22.6. The van der Waals surface area contributed by atoms with Gasteiger partial charge in [0.25, 0.3) is 0 Å². The van der Waals surface area contributed by atoms with Crippen LogP contribution in [0.15, 0.2) is 0 Å². The zero-order valence-corrected chi connectivity index (χ0v) is 11.4. The molecule has 0 saturated heterocycles. The second-order valence-corrected chi connectivity index (χ2v) is 6.25. The first-order valence-electron chi connectivity index (χ1n) is 6.50. The first kappa shape index (κ1) is 13.4. The molecule has 1 aliphatic carbocycles. The highest BCUT2D eigenvalue weighted by Gasteiger charge is 2.19. The monoisotopic (exact) mass is 229 g/mol. The van der Waals surface area contributed by atoms with Crippen LogP contribution in [0, 0.1) is 5.92 Å². The Labute approximate surface area is 99.8 Å². The molecule has 1 saturated carbocycles. The lowest BCUT2D eigenvalue weighted by Gasteiger charge is -2.28. The summed E-state index contributed by atoms with van der Waals surface area (Å²) in [6, 6.07) is 0.736. The second kappa shape index (κ2) is 7.56. The van der Waals surface area contributed by atoms with Crippen LogP contribution in [0.5, 0.6) is 0 Å². The molecule has 1 N–H and O–H groups in total. The summed E-state index contributed by atoms with van der Waals surface area (Å²) >= 11 is 1.97. The molecule has 2 unspecified atom stereocenters. The van der Waals surface area contributed by atoms with Gasteiger partial charge in [-0.2, -0.15) is 11.8 Å². The van der Waals surface area contributed by atoms with E-state index in [4.69, 9.17) is 0 Å². The molecule has 2 heteroatoms. The average molecular weight is 229 g/mol. The van der Waals surface area contributed by atoms with Gasteiger partial charge in [0.2, 0.25) is 0 Å². The van der Waals surface area contributed by atoms with Crippen molar-refractivity contribution in [3.05, 3.63) is 0 Å². The molecule has 0 aliphatic heterocycles. The first-order chi connectivity index (χ1) is 7.24. The maximum atomic E-state index is 3.70. The maximum absolute atomic E-state index is 3.70. The molecule has 0 bridgehead atoms. The number of thioether (sulfide) groups is 1. The maximum Gasteiger partial charge on any atom is 0.00670 e. The van der Waals surface area contributed by atoms with Crippen molar-refractivity contribution in [3.63, 3.8) is 0 Å². The van der Waals surface area contributed by atoms with Crippen molar-refractivity contribution in [3.8, 4) is 0 Å².